The maximum atomic E-state index is 12.0. The molecule has 0 aromatic carbocycles. The van der Waals surface area contributed by atoms with Crippen molar-refractivity contribution in [2.24, 2.45) is 10.9 Å². The molecule has 1 aliphatic carbocycles. The summed E-state index contributed by atoms with van der Waals surface area (Å²) in [6.07, 6.45) is 2.65. The molecule has 0 radical (unpaired) electrons. The minimum absolute atomic E-state index is 0. The molecule has 0 aromatic heterocycles. The third-order valence-corrected chi connectivity index (χ3v) is 5.39. The quantitative estimate of drug-likeness (QED) is 0.269. The lowest BCUT2D eigenvalue weighted by molar-refractivity contribution is 0.115. The fourth-order valence-electron chi connectivity index (χ4n) is 1.79. The highest BCUT2D eigenvalue weighted by Crippen LogP contribution is 2.28. The van der Waals surface area contributed by atoms with E-state index in [2.05, 4.69) is 10.3 Å². The topological polar surface area (TPSA) is 53.9 Å². The normalized spacial score (nSPS) is 16.9. The van der Waals surface area contributed by atoms with Crippen molar-refractivity contribution in [3.8, 4) is 0 Å². The predicted octanol–water partition coefficient (Wildman–Crippen LogP) is 2.09. The highest BCUT2D eigenvalue weighted by molar-refractivity contribution is 14.0. The Kier molecular flexibility index (Phi) is 10.9. The van der Waals surface area contributed by atoms with Crippen molar-refractivity contribution < 1.29 is 8.95 Å². The molecule has 132 valence electrons. The van der Waals surface area contributed by atoms with E-state index in [1.165, 1.54) is 12.8 Å². The van der Waals surface area contributed by atoms with E-state index in [-0.39, 0.29) is 28.7 Å². The Hall–Kier alpha value is 0.110. The first-order valence-electron chi connectivity index (χ1n) is 7.72. The zero-order valence-electron chi connectivity index (χ0n) is 14.6. The number of hydrogen-bond acceptors (Lipinski definition) is 3. The molecule has 1 unspecified atom stereocenters. The molecule has 5 nitrogen and oxygen atoms in total. The molecule has 0 spiro atoms. The summed E-state index contributed by atoms with van der Waals surface area (Å²) in [4.78, 5) is 6.30. The van der Waals surface area contributed by atoms with Crippen LogP contribution in [0.2, 0.25) is 0 Å². The summed E-state index contributed by atoms with van der Waals surface area (Å²) in [7, 11) is 2.93. The van der Waals surface area contributed by atoms with Crippen LogP contribution in [0.15, 0.2) is 4.99 Å². The van der Waals surface area contributed by atoms with Gasteiger partial charge in [-0.15, -0.1) is 24.0 Å². The van der Waals surface area contributed by atoms with Gasteiger partial charge in [0.25, 0.3) is 0 Å². The van der Waals surface area contributed by atoms with Gasteiger partial charge in [-0.2, -0.15) is 0 Å². The minimum atomic E-state index is -0.835. The standard InChI is InChI=1S/C15H31N3O2S.HI/c1-15(2,3)21(19)11-8-17-14(16-4)18(5)9-10-20-12-13-6-7-13;/h13H,6-12H2,1-5H3,(H,16,17);1H. The summed E-state index contributed by atoms with van der Waals surface area (Å²) >= 11 is 0. The lowest BCUT2D eigenvalue weighted by atomic mass is 10.3. The van der Waals surface area contributed by atoms with Gasteiger partial charge in [0.2, 0.25) is 0 Å². The number of halogens is 1. The average molecular weight is 445 g/mol. The number of ether oxygens (including phenoxy) is 1. The van der Waals surface area contributed by atoms with E-state index in [9.17, 15) is 4.21 Å². The van der Waals surface area contributed by atoms with Crippen molar-refractivity contribution in [3.63, 3.8) is 0 Å². The number of aliphatic imine (C=N–C) groups is 1. The molecule has 0 bridgehead atoms. The first-order chi connectivity index (χ1) is 9.84. The highest BCUT2D eigenvalue weighted by atomic mass is 127. The summed E-state index contributed by atoms with van der Waals surface area (Å²) in [5.74, 6) is 2.27. The van der Waals surface area contributed by atoms with Crippen molar-refractivity contribution >= 4 is 40.7 Å². The Morgan fingerprint density at radius 3 is 2.55 bits per heavy atom. The molecule has 0 saturated heterocycles. The Morgan fingerprint density at radius 1 is 1.41 bits per heavy atom. The summed E-state index contributed by atoms with van der Waals surface area (Å²) in [6, 6.07) is 0. The summed E-state index contributed by atoms with van der Waals surface area (Å²) in [6.45, 7) is 9.11. The average Bonchev–Trinajstić information content (AvgIpc) is 3.22. The van der Waals surface area contributed by atoms with Crippen LogP contribution < -0.4 is 5.32 Å². The van der Waals surface area contributed by atoms with Gasteiger partial charge >= 0.3 is 0 Å². The molecule has 1 N–H and O–H groups in total. The fraction of sp³-hybridized carbons (Fsp3) is 0.933. The van der Waals surface area contributed by atoms with Gasteiger partial charge in [-0.1, -0.05) is 0 Å². The summed E-state index contributed by atoms with van der Waals surface area (Å²) in [5.41, 5.74) is 0. The molecule has 22 heavy (non-hydrogen) atoms. The molecule has 1 rings (SSSR count). The van der Waals surface area contributed by atoms with Crippen molar-refractivity contribution in [1.29, 1.82) is 0 Å². The number of rotatable bonds is 8. The van der Waals surface area contributed by atoms with Crippen molar-refractivity contribution in [3.05, 3.63) is 0 Å². The van der Waals surface area contributed by atoms with Gasteiger partial charge in [-0.05, 0) is 39.5 Å². The summed E-state index contributed by atoms with van der Waals surface area (Å²) < 4.78 is 17.5. The smallest absolute Gasteiger partial charge is 0.193 e. The Labute approximate surface area is 155 Å². The number of likely N-dealkylation sites (N-methyl/N-ethyl adjacent to an activating group) is 1. The highest BCUT2D eigenvalue weighted by Gasteiger charge is 2.21. The second-order valence-corrected chi connectivity index (χ2v) is 8.90. The molecule has 0 heterocycles. The van der Waals surface area contributed by atoms with Crippen molar-refractivity contribution in [2.75, 3.05) is 46.2 Å². The van der Waals surface area contributed by atoms with Crippen LogP contribution in [-0.4, -0.2) is 66.0 Å². The van der Waals surface area contributed by atoms with Crippen molar-refractivity contribution in [2.45, 2.75) is 38.4 Å². The van der Waals surface area contributed by atoms with E-state index >= 15 is 0 Å². The number of nitrogens with one attached hydrogen (secondary N) is 1. The molecule has 1 saturated carbocycles. The van der Waals surface area contributed by atoms with E-state index in [4.69, 9.17) is 4.74 Å². The molecular weight excluding hydrogens is 413 g/mol. The van der Waals surface area contributed by atoms with Crippen LogP contribution in [-0.2, 0) is 15.5 Å². The molecule has 1 fully saturated rings. The third kappa shape index (κ3) is 9.29. The zero-order valence-corrected chi connectivity index (χ0v) is 17.7. The first kappa shape index (κ1) is 22.1. The van der Waals surface area contributed by atoms with Crippen LogP contribution in [0.3, 0.4) is 0 Å². The van der Waals surface area contributed by atoms with Crippen LogP contribution >= 0.6 is 24.0 Å². The first-order valence-corrected chi connectivity index (χ1v) is 9.04. The second kappa shape index (κ2) is 10.8. The van der Waals surface area contributed by atoms with Crippen LogP contribution in [0.25, 0.3) is 0 Å². The molecular formula is C15H32IN3O2S. The number of nitrogens with zero attached hydrogens (tertiary/aromatic N) is 2. The monoisotopic (exact) mass is 445 g/mol. The molecule has 0 amide bonds. The number of guanidine groups is 1. The van der Waals surface area contributed by atoms with E-state index in [0.717, 1.165) is 31.6 Å². The minimum Gasteiger partial charge on any atom is -0.379 e. The van der Waals surface area contributed by atoms with Crippen molar-refractivity contribution in [1.82, 2.24) is 10.2 Å². The van der Waals surface area contributed by atoms with E-state index < -0.39 is 10.8 Å². The lowest BCUT2D eigenvalue weighted by Gasteiger charge is -2.23. The third-order valence-electron chi connectivity index (χ3n) is 3.45. The van der Waals surface area contributed by atoms with Gasteiger partial charge in [-0.25, -0.2) is 0 Å². The van der Waals surface area contributed by atoms with Gasteiger partial charge in [0.15, 0.2) is 5.96 Å². The molecule has 1 aliphatic rings. The van der Waals surface area contributed by atoms with Crippen LogP contribution in [0.4, 0.5) is 0 Å². The summed E-state index contributed by atoms with van der Waals surface area (Å²) in [5, 5.41) is 3.26. The Balaban J connectivity index is 0.00000441. The van der Waals surface area contributed by atoms with Crippen LogP contribution in [0, 0.1) is 5.92 Å². The Morgan fingerprint density at radius 2 is 2.05 bits per heavy atom. The molecule has 1 atom stereocenters. The molecule has 0 aliphatic heterocycles. The van der Waals surface area contributed by atoms with Gasteiger partial charge in [0.1, 0.15) is 0 Å². The van der Waals surface area contributed by atoms with E-state index in [1.807, 2.05) is 32.7 Å². The zero-order chi connectivity index (χ0) is 15.9. The Bertz CT molecular complexity index is 368. The van der Waals surface area contributed by atoms with Gasteiger partial charge in [0, 0.05) is 55.1 Å². The largest absolute Gasteiger partial charge is 0.379 e. The maximum Gasteiger partial charge on any atom is 0.193 e. The van der Waals surface area contributed by atoms with Gasteiger partial charge in [0.05, 0.1) is 6.61 Å². The van der Waals surface area contributed by atoms with Crippen LogP contribution in [0.5, 0.6) is 0 Å². The lowest BCUT2D eigenvalue weighted by Crippen LogP contribution is -2.42. The predicted molar refractivity (Wildman–Crippen MR) is 106 cm³/mol. The van der Waals surface area contributed by atoms with Crippen LogP contribution in [0.1, 0.15) is 33.6 Å². The molecule has 7 heteroatoms. The van der Waals surface area contributed by atoms with E-state index in [0.29, 0.717) is 12.3 Å². The SMILES string of the molecule is CN=C(NCCS(=O)C(C)(C)C)N(C)CCOCC1CC1.I. The maximum absolute atomic E-state index is 12.0. The second-order valence-electron chi connectivity index (χ2n) is 6.58. The number of hydrogen-bond donors (Lipinski definition) is 1. The van der Waals surface area contributed by atoms with E-state index in [1.54, 1.807) is 7.05 Å². The van der Waals surface area contributed by atoms with Gasteiger partial charge in [-0.3, -0.25) is 9.20 Å². The molecule has 0 aromatic rings. The van der Waals surface area contributed by atoms with Gasteiger partial charge < -0.3 is 15.0 Å². The fourth-order valence-corrected chi connectivity index (χ4v) is 2.69.